The summed E-state index contributed by atoms with van der Waals surface area (Å²) in [5, 5.41) is 1.71. The van der Waals surface area contributed by atoms with Gasteiger partial charge in [-0.2, -0.15) is 0 Å². The SMILES string of the molecule is CC.CC.O=c1[nH]ccs1. The van der Waals surface area contributed by atoms with Gasteiger partial charge in [0, 0.05) is 11.6 Å². The third kappa shape index (κ3) is 7.43. The third-order valence-corrected chi connectivity index (χ3v) is 1.05. The summed E-state index contributed by atoms with van der Waals surface area (Å²) in [4.78, 5) is 12.5. The lowest BCUT2D eigenvalue weighted by Crippen LogP contribution is -1.87. The van der Waals surface area contributed by atoms with E-state index in [1.165, 1.54) is 11.3 Å². The molecule has 0 spiro atoms. The molecule has 1 rings (SSSR count). The molecule has 0 bridgehead atoms. The Bertz CT molecular complexity index is 151. The van der Waals surface area contributed by atoms with Crippen molar-refractivity contribution in [1.82, 2.24) is 4.98 Å². The molecule has 0 saturated heterocycles. The molecular weight excluding hydrogens is 146 g/mol. The lowest BCUT2D eigenvalue weighted by molar-refractivity contribution is 1.35. The molecule has 0 aliphatic rings. The second-order valence-corrected chi connectivity index (χ2v) is 1.73. The van der Waals surface area contributed by atoms with Crippen LogP contribution in [0.3, 0.4) is 0 Å². The maximum Gasteiger partial charge on any atom is 0.304 e. The van der Waals surface area contributed by atoms with Gasteiger partial charge >= 0.3 is 4.87 Å². The van der Waals surface area contributed by atoms with Crippen molar-refractivity contribution in [2.75, 3.05) is 0 Å². The van der Waals surface area contributed by atoms with Gasteiger partial charge in [0.15, 0.2) is 0 Å². The third-order valence-electron chi connectivity index (χ3n) is 0.444. The summed E-state index contributed by atoms with van der Waals surface area (Å²) in [5.41, 5.74) is 0. The average molecular weight is 161 g/mol. The van der Waals surface area contributed by atoms with Gasteiger partial charge in [-0.05, 0) is 0 Å². The smallest absolute Gasteiger partial charge is 0.304 e. The van der Waals surface area contributed by atoms with E-state index in [0.29, 0.717) is 0 Å². The summed E-state index contributed by atoms with van der Waals surface area (Å²) in [6, 6.07) is 0. The molecule has 2 nitrogen and oxygen atoms in total. The lowest BCUT2D eigenvalue weighted by atomic mass is 11.0. The van der Waals surface area contributed by atoms with Crippen molar-refractivity contribution in [2.45, 2.75) is 27.7 Å². The first-order valence-electron chi connectivity index (χ1n) is 3.52. The van der Waals surface area contributed by atoms with Gasteiger partial charge in [0.2, 0.25) is 0 Å². The Morgan fingerprint density at radius 1 is 1.30 bits per heavy atom. The standard InChI is InChI=1S/C3H3NOS.2C2H6/c5-3-4-1-2-6-3;2*1-2/h1-2H,(H,4,5);2*1-2H3. The molecule has 0 unspecified atom stereocenters. The highest BCUT2D eigenvalue weighted by Gasteiger charge is 1.72. The van der Waals surface area contributed by atoms with Crippen LogP contribution in [-0.4, -0.2) is 4.98 Å². The Balaban J connectivity index is 0. The van der Waals surface area contributed by atoms with Crippen molar-refractivity contribution in [3.63, 3.8) is 0 Å². The summed E-state index contributed by atoms with van der Waals surface area (Å²) in [6.45, 7) is 8.00. The van der Waals surface area contributed by atoms with Gasteiger partial charge in [-0.3, -0.25) is 4.79 Å². The number of aromatic amines is 1. The molecule has 1 aromatic rings. The second-order valence-electron chi connectivity index (χ2n) is 0.852. The fourth-order valence-electron chi connectivity index (χ4n) is 0.232. The van der Waals surface area contributed by atoms with Gasteiger partial charge in [0.05, 0.1) is 0 Å². The monoisotopic (exact) mass is 161 g/mol. The second kappa shape index (κ2) is 11.3. The van der Waals surface area contributed by atoms with Crippen LogP contribution < -0.4 is 4.87 Å². The van der Waals surface area contributed by atoms with Crippen molar-refractivity contribution < 1.29 is 0 Å². The van der Waals surface area contributed by atoms with Crippen molar-refractivity contribution in [3.05, 3.63) is 21.2 Å². The topological polar surface area (TPSA) is 32.9 Å². The molecule has 10 heavy (non-hydrogen) atoms. The molecular formula is C7H15NOS. The van der Waals surface area contributed by atoms with E-state index in [0.717, 1.165) is 0 Å². The van der Waals surface area contributed by atoms with E-state index in [1.807, 2.05) is 27.7 Å². The Hall–Kier alpha value is -0.570. The van der Waals surface area contributed by atoms with Crippen molar-refractivity contribution in [2.24, 2.45) is 0 Å². The van der Waals surface area contributed by atoms with Gasteiger partial charge in [0.1, 0.15) is 0 Å². The zero-order chi connectivity index (χ0) is 8.41. The molecule has 60 valence electrons. The molecule has 3 heteroatoms. The maximum atomic E-state index is 10.0. The molecule has 1 aromatic heterocycles. The first kappa shape index (κ1) is 12.1. The van der Waals surface area contributed by atoms with E-state index in [-0.39, 0.29) is 4.87 Å². The van der Waals surface area contributed by atoms with Crippen molar-refractivity contribution in [1.29, 1.82) is 0 Å². The van der Waals surface area contributed by atoms with Crippen LogP contribution in [0.25, 0.3) is 0 Å². The lowest BCUT2D eigenvalue weighted by Gasteiger charge is -1.49. The zero-order valence-electron chi connectivity index (χ0n) is 6.97. The number of hydrogen-bond acceptors (Lipinski definition) is 2. The van der Waals surface area contributed by atoms with Crippen LogP contribution >= 0.6 is 11.3 Å². The van der Waals surface area contributed by atoms with E-state index in [1.54, 1.807) is 11.6 Å². The molecule has 0 amide bonds. The fourth-order valence-corrected chi connectivity index (χ4v) is 0.628. The quantitative estimate of drug-likeness (QED) is 0.623. The number of nitrogens with one attached hydrogen (secondary N) is 1. The molecule has 1 N–H and O–H groups in total. The minimum Gasteiger partial charge on any atom is -0.319 e. The van der Waals surface area contributed by atoms with Crippen LogP contribution in [0.1, 0.15) is 27.7 Å². The van der Waals surface area contributed by atoms with Gasteiger partial charge in [-0.25, -0.2) is 0 Å². The predicted octanol–water partition coefficient (Wildman–Crippen LogP) is 2.49. The normalized spacial score (nSPS) is 6.40. The largest absolute Gasteiger partial charge is 0.319 e. The summed E-state index contributed by atoms with van der Waals surface area (Å²) in [7, 11) is 0. The van der Waals surface area contributed by atoms with Crippen LogP contribution in [-0.2, 0) is 0 Å². The summed E-state index contributed by atoms with van der Waals surface area (Å²) >= 11 is 1.17. The minimum atomic E-state index is 0.00926. The van der Waals surface area contributed by atoms with Crippen LogP contribution in [0.15, 0.2) is 16.4 Å². The highest BCUT2D eigenvalue weighted by molar-refractivity contribution is 7.07. The highest BCUT2D eigenvalue weighted by atomic mass is 32.1. The van der Waals surface area contributed by atoms with Gasteiger partial charge in [0.25, 0.3) is 0 Å². The Morgan fingerprint density at radius 3 is 1.90 bits per heavy atom. The van der Waals surface area contributed by atoms with Crippen molar-refractivity contribution >= 4 is 11.3 Å². The van der Waals surface area contributed by atoms with Gasteiger partial charge in [-0.1, -0.05) is 39.0 Å². The predicted molar refractivity (Wildman–Crippen MR) is 47.6 cm³/mol. The van der Waals surface area contributed by atoms with Crippen LogP contribution in [0.2, 0.25) is 0 Å². The molecule has 0 fully saturated rings. The summed E-state index contributed by atoms with van der Waals surface area (Å²) in [5.74, 6) is 0. The number of aromatic nitrogens is 1. The average Bonchev–Trinajstić information content (AvgIpc) is 2.48. The van der Waals surface area contributed by atoms with Crippen LogP contribution in [0.4, 0.5) is 0 Å². The molecule has 0 aromatic carbocycles. The zero-order valence-corrected chi connectivity index (χ0v) is 7.79. The van der Waals surface area contributed by atoms with Gasteiger partial charge in [-0.15, -0.1) is 0 Å². The van der Waals surface area contributed by atoms with E-state index in [2.05, 4.69) is 4.98 Å². The Kier molecular flexibility index (Phi) is 13.7. The minimum absolute atomic E-state index is 0.00926. The summed E-state index contributed by atoms with van der Waals surface area (Å²) in [6.07, 6.45) is 1.62. The molecule has 0 saturated carbocycles. The molecule has 1 heterocycles. The molecule has 0 aliphatic heterocycles. The van der Waals surface area contributed by atoms with Gasteiger partial charge < -0.3 is 4.98 Å². The number of rotatable bonds is 0. The maximum absolute atomic E-state index is 10.0. The number of H-pyrrole nitrogens is 1. The first-order chi connectivity index (χ1) is 4.89. The molecule has 0 radical (unpaired) electrons. The summed E-state index contributed by atoms with van der Waals surface area (Å²) < 4.78 is 0. The van der Waals surface area contributed by atoms with Crippen LogP contribution in [0.5, 0.6) is 0 Å². The fraction of sp³-hybridized carbons (Fsp3) is 0.571. The van der Waals surface area contributed by atoms with E-state index < -0.39 is 0 Å². The molecule has 0 aliphatic carbocycles. The number of thiazole rings is 1. The first-order valence-corrected chi connectivity index (χ1v) is 4.40. The molecule has 0 atom stereocenters. The van der Waals surface area contributed by atoms with Crippen molar-refractivity contribution in [3.8, 4) is 0 Å². The van der Waals surface area contributed by atoms with Crippen LogP contribution in [0, 0.1) is 0 Å². The van der Waals surface area contributed by atoms with E-state index >= 15 is 0 Å². The van der Waals surface area contributed by atoms with E-state index in [4.69, 9.17) is 0 Å². The van der Waals surface area contributed by atoms with E-state index in [9.17, 15) is 4.79 Å². The Morgan fingerprint density at radius 2 is 1.80 bits per heavy atom. The number of hydrogen-bond donors (Lipinski definition) is 1. The Labute approximate surface area is 65.9 Å². The highest BCUT2D eigenvalue weighted by Crippen LogP contribution is 1.76.